The number of carbonyl (C=O) groups is 2. The van der Waals surface area contributed by atoms with Crippen LogP contribution in [0.25, 0.3) is 0 Å². The van der Waals surface area contributed by atoms with Crippen molar-refractivity contribution in [3.8, 4) is 0 Å². The van der Waals surface area contributed by atoms with Gasteiger partial charge in [0, 0.05) is 23.6 Å². The molecular weight excluding hydrogens is 305 g/mol. The van der Waals surface area contributed by atoms with E-state index in [0.717, 1.165) is 6.42 Å². The number of piperidine rings is 1. The number of rotatable bonds is 5. The Kier molecular flexibility index (Phi) is 5.83. The fourth-order valence-corrected chi connectivity index (χ4v) is 3.51. The Morgan fingerprint density at radius 1 is 1.41 bits per heavy atom. The van der Waals surface area contributed by atoms with E-state index in [0.29, 0.717) is 29.5 Å². The van der Waals surface area contributed by atoms with E-state index in [1.165, 1.54) is 22.7 Å². The van der Waals surface area contributed by atoms with Crippen molar-refractivity contribution in [3.05, 3.63) is 30.1 Å². The van der Waals surface area contributed by atoms with Gasteiger partial charge in [-0.3, -0.25) is 4.79 Å². The van der Waals surface area contributed by atoms with Gasteiger partial charge in [0.1, 0.15) is 11.9 Å². The second-order valence-electron chi connectivity index (χ2n) is 5.60. The number of thioether (sulfide) groups is 1. The van der Waals surface area contributed by atoms with Gasteiger partial charge in [0.05, 0.1) is 0 Å². The number of carboxylic acid groups (broad SMARTS) is 1. The fourth-order valence-electron chi connectivity index (χ4n) is 2.63. The molecule has 1 aliphatic rings. The summed E-state index contributed by atoms with van der Waals surface area (Å²) in [6.07, 6.45) is 1.55. The molecule has 2 atom stereocenters. The molecule has 0 aliphatic carbocycles. The lowest BCUT2D eigenvalue weighted by molar-refractivity contribution is -0.152. The molecular formula is C16H20FNO3S. The summed E-state index contributed by atoms with van der Waals surface area (Å²) in [6.45, 7) is 2.49. The van der Waals surface area contributed by atoms with Gasteiger partial charge < -0.3 is 10.0 Å². The maximum Gasteiger partial charge on any atom is 0.326 e. The zero-order valence-electron chi connectivity index (χ0n) is 12.5. The number of hydrogen-bond acceptors (Lipinski definition) is 3. The summed E-state index contributed by atoms with van der Waals surface area (Å²) in [5, 5.41) is 9.27. The second kappa shape index (κ2) is 7.63. The van der Waals surface area contributed by atoms with Gasteiger partial charge in [-0.2, -0.15) is 0 Å². The number of amides is 1. The van der Waals surface area contributed by atoms with Gasteiger partial charge in [0.15, 0.2) is 0 Å². The van der Waals surface area contributed by atoms with Crippen LogP contribution in [-0.2, 0) is 9.59 Å². The highest BCUT2D eigenvalue weighted by molar-refractivity contribution is 7.99. The summed E-state index contributed by atoms with van der Waals surface area (Å²) in [5.41, 5.74) is 0. The van der Waals surface area contributed by atoms with E-state index < -0.39 is 12.0 Å². The highest BCUT2D eigenvalue weighted by Gasteiger charge is 2.34. The maximum atomic E-state index is 13.5. The molecule has 1 aromatic carbocycles. The van der Waals surface area contributed by atoms with Crippen molar-refractivity contribution < 1.29 is 19.1 Å². The molecule has 2 rings (SSSR count). The average molecular weight is 325 g/mol. The third kappa shape index (κ3) is 4.22. The Morgan fingerprint density at radius 2 is 2.14 bits per heavy atom. The topological polar surface area (TPSA) is 57.6 Å². The average Bonchev–Trinajstić information content (AvgIpc) is 2.49. The van der Waals surface area contributed by atoms with E-state index in [-0.39, 0.29) is 18.1 Å². The predicted molar refractivity (Wildman–Crippen MR) is 83.3 cm³/mol. The van der Waals surface area contributed by atoms with Crippen LogP contribution in [0.15, 0.2) is 29.2 Å². The molecule has 1 fully saturated rings. The lowest BCUT2D eigenvalue weighted by Gasteiger charge is -2.36. The number of halogens is 1. The third-order valence-corrected chi connectivity index (χ3v) is 4.93. The zero-order valence-corrected chi connectivity index (χ0v) is 13.3. The lowest BCUT2D eigenvalue weighted by atomic mass is 9.92. The fraction of sp³-hybridized carbons (Fsp3) is 0.500. The van der Waals surface area contributed by atoms with Crippen molar-refractivity contribution in [1.82, 2.24) is 4.90 Å². The van der Waals surface area contributed by atoms with Crippen molar-refractivity contribution in [2.75, 3.05) is 12.3 Å². The molecule has 120 valence electrons. The highest BCUT2D eigenvalue weighted by atomic mass is 32.2. The van der Waals surface area contributed by atoms with Gasteiger partial charge in [-0.1, -0.05) is 19.1 Å². The van der Waals surface area contributed by atoms with Crippen LogP contribution in [-0.4, -0.2) is 40.2 Å². The van der Waals surface area contributed by atoms with Crippen LogP contribution in [0.2, 0.25) is 0 Å². The SMILES string of the molecule is CC1CCN(C(=O)CCSc2ccccc2F)C(C(=O)O)C1. The van der Waals surface area contributed by atoms with Crippen LogP contribution >= 0.6 is 11.8 Å². The van der Waals surface area contributed by atoms with Crippen LogP contribution in [0, 0.1) is 11.7 Å². The largest absolute Gasteiger partial charge is 0.480 e. The number of likely N-dealkylation sites (tertiary alicyclic amines) is 1. The number of benzene rings is 1. The first-order valence-electron chi connectivity index (χ1n) is 7.38. The quantitative estimate of drug-likeness (QED) is 0.846. The predicted octanol–water partition coefficient (Wildman–Crippen LogP) is 3.02. The van der Waals surface area contributed by atoms with Crippen LogP contribution in [0.4, 0.5) is 4.39 Å². The molecule has 1 heterocycles. The number of aliphatic carboxylic acids is 1. The summed E-state index contributed by atoms with van der Waals surface area (Å²) in [4.78, 5) is 25.5. The van der Waals surface area contributed by atoms with Gasteiger partial charge in [-0.05, 0) is 30.9 Å². The van der Waals surface area contributed by atoms with Gasteiger partial charge >= 0.3 is 5.97 Å². The van der Waals surface area contributed by atoms with Crippen LogP contribution < -0.4 is 0 Å². The first-order chi connectivity index (χ1) is 10.5. The summed E-state index contributed by atoms with van der Waals surface area (Å²) >= 11 is 1.28. The minimum atomic E-state index is -0.943. The molecule has 4 nitrogen and oxygen atoms in total. The monoisotopic (exact) mass is 325 g/mol. The molecule has 2 unspecified atom stereocenters. The molecule has 1 amide bonds. The molecule has 1 aliphatic heterocycles. The standard InChI is InChI=1S/C16H20FNO3S/c1-11-6-8-18(13(10-11)16(20)21)15(19)7-9-22-14-5-3-2-4-12(14)17/h2-5,11,13H,6-10H2,1H3,(H,20,21). The van der Waals surface area contributed by atoms with Crippen molar-refractivity contribution >= 4 is 23.6 Å². The molecule has 22 heavy (non-hydrogen) atoms. The zero-order chi connectivity index (χ0) is 16.1. The molecule has 0 saturated carbocycles. The lowest BCUT2D eigenvalue weighted by Crippen LogP contribution is -2.49. The van der Waals surface area contributed by atoms with Crippen molar-refractivity contribution in [2.24, 2.45) is 5.92 Å². The van der Waals surface area contributed by atoms with Crippen molar-refractivity contribution in [3.63, 3.8) is 0 Å². The maximum absolute atomic E-state index is 13.5. The molecule has 1 N–H and O–H groups in total. The van der Waals surface area contributed by atoms with Gasteiger partial charge in [-0.25, -0.2) is 9.18 Å². The van der Waals surface area contributed by atoms with Gasteiger partial charge in [0.2, 0.25) is 5.91 Å². The normalized spacial score (nSPS) is 21.6. The Hall–Kier alpha value is -1.56. The molecule has 0 bridgehead atoms. The molecule has 6 heteroatoms. The van der Waals surface area contributed by atoms with E-state index in [4.69, 9.17) is 0 Å². The minimum Gasteiger partial charge on any atom is -0.480 e. The van der Waals surface area contributed by atoms with Gasteiger partial charge in [0.25, 0.3) is 0 Å². The van der Waals surface area contributed by atoms with Crippen LogP contribution in [0.5, 0.6) is 0 Å². The van der Waals surface area contributed by atoms with E-state index in [1.807, 2.05) is 6.92 Å². The molecule has 0 spiro atoms. The van der Waals surface area contributed by atoms with E-state index >= 15 is 0 Å². The second-order valence-corrected chi connectivity index (χ2v) is 6.74. The summed E-state index contributed by atoms with van der Waals surface area (Å²) in [5.74, 6) is -0.643. The molecule has 1 aromatic rings. The summed E-state index contributed by atoms with van der Waals surface area (Å²) < 4.78 is 13.5. The Morgan fingerprint density at radius 3 is 2.82 bits per heavy atom. The first-order valence-corrected chi connectivity index (χ1v) is 8.37. The van der Waals surface area contributed by atoms with Gasteiger partial charge in [-0.15, -0.1) is 11.8 Å². The van der Waals surface area contributed by atoms with Crippen molar-refractivity contribution in [1.29, 1.82) is 0 Å². The highest BCUT2D eigenvalue weighted by Crippen LogP contribution is 2.25. The summed E-state index contributed by atoms with van der Waals surface area (Å²) in [7, 11) is 0. The number of carbonyl (C=O) groups excluding carboxylic acids is 1. The van der Waals surface area contributed by atoms with Crippen LogP contribution in [0.3, 0.4) is 0 Å². The van der Waals surface area contributed by atoms with E-state index in [1.54, 1.807) is 18.2 Å². The van der Waals surface area contributed by atoms with E-state index in [2.05, 4.69) is 0 Å². The van der Waals surface area contributed by atoms with Crippen LogP contribution in [0.1, 0.15) is 26.2 Å². The third-order valence-electron chi connectivity index (χ3n) is 3.88. The number of nitrogens with zero attached hydrogens (tertiary/aromatic N) is 1. The van der Waals surface area contributed by atoms with E-state index in [9.17, 15) is 19.1 Å². The number of carboxylic acids is 1. The molecule has 0 radical (unpaired) electrons. The smallest absolute Gasteiger partial charge is 0.326 e. The Balaban J connectivity index is 1.88. The number of hydrogen-bond donors (Lipinski definition) is 1. The Labute approximate surface area is 133 Å². The summed E-state index contributed by atoms with van der Waals surface area (Å²) in [6, 6.07) is 5.70. The molecule has 1 saturated heterocycles. The minimum absolute atomic E-state index is 0.164. The Bertz CT molecular complexity index is 552. The first kappa shape index (κ1) is 16.8. The molecule has 0 aromatic heterocycles. The van der Waals surface area contributed by atoms with Crippen molar-refractivity contribution in [2.45, 2.75) is 37.1 Å².